The first-order valence-corrected chi connectivity index (χ1v) is 5.51. The largest absolute Gasteiger partial charge is 0.353 e. The molecule has 1 saturated heterocycles. The molecule has 0 aliphatic carbocycles. The van der Waals surface area contributed by atoms with Gasteiger partial charge in [-0.15, -0.1) is 12.4 Å². The summed E-state index contributed by atoms with van der Waals surface area (Å²) in [5.41, 5.74) is 0. The Kier molecular flexibility index (Phi) is 6.22. The third kappa shape index (κ3) is 4.39. The number of carbonyl (C=O) groups excluding carboxylic acids is 1. The van der Waals surface area contributed by atoms with Crippen molar-refractivity contribution in [2.75, 3.05) is 13.6 Å². The van der Waals surface area contributed by atoms with Crippen LogP contribution >= 0.6 is 12.4 Å². The second-order valence-corrected chi connectivity index (χ2v) is 4.71. The Hall–Kier alpha value is -0.280. The van der Waals surface area contributed by atoms with Gasteiger partial charge in [0.2, 0.25) is 5.91 Å². The molecule has 1 rings (SSSR count). The zero-order valence-corrected chi connectivity index (χ0v) is 10.9. The van der Waals surface area contributed by atoms with Crippen LogP contribution < -0.4 is 5.32 Å². The van der Waals surface area contributed by atoms with Gasteiger partial charge in [0, 0.05) is 24.5 Å². The topological polar surface area (TPSA) is 32.3 Å². The van der Waals surface area contributed by atoms with E-state index in [1.807, 2.05) is 13.8 Å². The fourth-order valence-corrected chi connectivity index (χ4v) is 1.79. The Balaban J connectivity index is 0.00000196. The molecule has 0 aromatic carbocycles. The van der Waals surface area contributed by atoms with Crippen molar-refractivity contribution in [2.45, 2.75) is 45.7 Å². The monoisotopic (exact) mass is 234 g/mol. The molecule has 0 bridgehead atoms. The number of hydrogen-bond donors (Lipinski definition) is 1. The zero-order chi connectivity index (χ0) is 10.7. The Labute approximate surface area is 99.0 Å². The van der Waals surface area contributed by atoms with Gasteiger partial charge >= 0.3 is 0 Å². The summed E-state index contributed by atoms with van der Waals surface area (Å²) in [6.45, 7) is 7.18. The van der Waals surface area contributed by atoms with E-state index in [1.165, 1.54) is 0 Å². The van der Waals surface area contributed by atoms with Gasteiger partial charge in [-0.05, 0) is 26.8 Å². The molecule has 2 atom stereocenters. The lowest BCUT2D eigenvalue weighted by Crippen LogP contribution is -2.48. The molecule has 0 saturated carbocycles. The predicted molar refractivity (Wildman–Crippen MR) is 65.3 cm³/mol. The number of halogens is 1. The summed E-state index contributed by atoms with van der Waals surface area (Å²) in [5, 5.41) is 3.10. The first-order valence-electron chi connectivity index (χ1n) is 5.51. The van der Waals surface area contributed by atoms with Crippen molar-refractivity contribution in [3.05, 3.63) is 0 Å². The minimum Gasteiger partial charge on any atom is -0.353 e. The summed E-state index contributed by atoms with van der Waals surface area (Å²) in [6.07, 6.45) is 2.16. The van der Waals surface area contributed by atoms with Crippen LogP contribution in [0.15, 0.2) is 0 Å². The van der Waals surface area contributed by atoms with Crippen molar-refractivity contribution in [1.29, 1.82) is 0 Å². The van der Waals surface area contributed by atoms with E-state index >= 15 is 0 Å². The van der Waals surface area contributed by atoms with Gasteiger partial charge in [0.05, 0.1) is 0 Å². The van der Waals surface area contributed by atoms with E-state index in [9.17, 15) is 4.79 Å². The van der Waals surface area contributed by atoms with Crippen molar-refractivity contribution in [3.8, 4) is 0 Å². The Bertz CT molecular complexity index is 209. The van der Waals surface area contributed by atoms with Crippen molar-refractivity contribution in [3.63, 3.8) is 0 Å². The third-order valence-corrected chi connectivity index (χ3v) is 3.08. The highest BCUT2D eigenvalue weighted by Gasteiger charge is 2.24. The first kappa shape index (κ1) is 14.7. The highest BCUT2D eigenvalue weighted by molar-refractivity contribution is 5.85. The van der Waals surface area contributed by atoms with Gasteiger partial charge in [0.15, 0.2) is 0 Å². The summed E-state index contributed by atoms with van der Waals surface area (Å²) >= 11 is 0. The lowest BCUT2D eigenvalue weighted by atomic mass is 9.98. The third-order valence-electron chi connectivity index (χ3n) is 3.08. The van der Waals surface area contributed by atoms with Crippen molar-refractivity contribution in [1.82, 2.24) is 10.2 Å². The number of amides is 1. The van der Waals surface area contributed by atoms with Gasteiger partial charge in [-0.25, -0.2) is 0 Å². The molecule has 1 fully saturated rings. The van der Waals surface area contributed by atoms with Crippen molar-refractivity contribution >= 4 is 18.3 Å². The van der Waals surface area contributed by atoms with Gasteiger partial charge in [-0.2, -0.15) is 0 Å². The van der Waals surface area contributed by atoms with Crippen LogP contribution in [0.4, 0.5) is 0 Å². The van der Waals surface area contributed by atoms with E-state index in [2.05, 4.69) is 24.2 Å². The van der Waals surface area contributed by atoms with E-state index in [-0.39, 0.29) is 24.2 Å². The van der Waals surface area contributed by atoms with Gasteiger partial charge in [0.25, 0.3) is 0 Å². The van der Waals surface area contributed by atoms with Gasteiger partial charge in [0.1, 0.15) is 0 Å². The number of carbonyl (C=O) groups is 1. The lowest BCUT2D eigenvalue weighted by Gasteiger charge is -2.35. The standard InChI is InChI=1S/C11H22N2O.ClH/c1-8(2)11(14)12-10-5-6-13(4)9(3)7-10;/h8-10H,5-7H2,1-4H3,(H,12,14);1H. The Morgan fingerprint density at radius 2 is 2.07 bits per heavy atom. The van der Waals surface area contributed by atoms with Gasteiger partial charge in [-0.1, -0.05) is 13.8 Å². The molecular formula is C11H23ClN2O. The summed E-state index contributed by atoms with van der Waals surface area (Å²) in [7, 11) is 2.14. The second kappa shape index (κ2) is 6.33. The van der Waals surface area contributed by atoms with Crippen LogP contribution in [0, 0.1) is 5.92 Å². The van der Waals surface area contributed by atoms with Gasteiger partial charge < -0.3 is 10.2 Å². The molecule has 90 valence electrons. The number of likely N-dealkylation sites (tertiary alicyclic amines) is 1. The number of rotatable bonds is 2. The number of hydrogen-bond acceptors (Lipinski definition) is 2. The molecule has 1 heterocycles. The van der Waals surface area contributed by atoms with Crippen molar-refractivity contribution in [2.24, 2.45) is 5.92 Å². The molecular weight excluding hydrogens is 212 g/mol. The average molecular weight is 235 g/mol. The molecule has 15 heavy (non-hydrogen) atoms. The van der Waals surface area contributed by atoms with Crippen LogP contribution in [0.3, 0.4) is 0 Å². The molecule has 0 radical (unpaired) electrons. The molecule has 0 spiro atoms. The Morgan fingerprint density at radius 1 is 1.47 bits per heavy atom. The normalized spacial score (nSPS) is 27.3. The van der Waals surface area contributed by atoms with Crippen LogP contribution in [0.2, 0.25) is 0 Å². The van der Waals surface area contributed by atoms with Gasteiger partial charge in [-0.3, -0.25) is 4.79 Å². The van der Waals surface area contributed by atoms with Crippen LogP contribution in [-0.2, 0) is 4.79 Å². The van der Waals surface area contributed by atoms with Crippen LogP contribution in [0.5, 0.6) is 0 Å². The minimum atomic E-state index is 0. The van der Waals surface area contributed by atoms with Crippen LogP contribution in [0.1, 0.15) is 33.6 Å². The molecule has 1 aliphatic rings. The predicted octanol–water partition coefficient (Wildman–Crippen LogP) is 1.66. The van der Waals surface area contributed by atoms with E-state index in [4.69, 9.17) is 0 Å². The van der Waals surface area contributed by atoms with Crippen LogP contribution in [0.25, 0.3) is 0 Å². The molecule has 4 heteroatoms. The molecule has 2 unspecified atom stereocenters. The molecule has 1 aliphatic heterocycles. The molecule has 0 aromatic rings. The maximum absolute atomic E-state index is 11.5. The number of nitrogens with zero attached hydrogens (tertiary/aromatic N) is 1. The maximum Gasteiger partial charge on any atom is 0.222 e. The fraction of sp³-hybridized carbons (Fsp3) is 0.909. The fourth-order valence-electron chi connectivity index (χ4n) is 1.79. The molecule has 3 nitrogen and oxygen atoms in total. The average Bonchev–Trinajstić information content (AvgIpc) is 2.11. The molecule has 0 aromatic heterocycles. The van der Waals surface area contributed by atoms with E-state index < -0.39 is 0 Å². The maximum atomic E-state index is 11.5. The molecule has 1 amide bonds. The quantitative estimate of drug-likeness (QED) is 0.788. The summed E-state index contributed by atoms with van der Waals surface area (Å²) in [6, 6.07) is 0.970. The first-order chi connectivity index (χ1) is 6.50. The number of nitrogens with one attached hydrogen (secondary N) is 1. The highest BCUT2D eigenvalue weighted by atomic mass is 35.5. The summed E-state index contributed by atoms with van der Waals surface area (Å²) in [4.78, 5) is 13.8. The summed E-state index contributed by atoms with van der Waals surface area (Å²) < 4.78 is 0. The highest BCUT2D eigenvalue weighted by Crippen LogP contribution is 2.15. The minimum absolute atomic E-state index is 0. The lowest BCUT2D eigenvalue weighted by molar-refractivity contribution is -0.125. The van der Waals surface area contributed by atoms with Crippen molar-refractivity contribution < 1.29 is 4.79 Å². The summed E-state index contributed by atoms with van der Waals surface area (Å²) in [5.74, 6) is 0.289. The van der Waals surface area contributed by atoms with E-state index in [0.29, 0.717) is 12.1 Å². The Morgan fingerprint density at radius 3 is 2.53 bits per heavy atom. The second-order valence-electron chi connectivity index (χ2n) is 4.71. The van der Waals surface area contributed by atoms with E-state index in [0.717, 1.165) is 19.4 Å². The van der Waals surface area contributed by atoms with E-state index in [1.54, 1.807) is 0 Å². The smallest absolute Gasteiger partial charge is 0.222 e. The number of piperidine rings is 1. The van der Waals surface area contributed by atoms with Crippen LogP contribution in [-0.4, -0.2) is 36.5 Å². The zero-order valence-electron chi connectivity index (χ0n) is 10.1. The molecule has 1 N–H and O–H groups in total. The SMILES string of the molecule is CC(C)C(=O)NC1CCN(C)C(C)C1.Cl.